The van der Waals surface area contributed by atoms with Gasteiger partial charge in [-0.3, -0.25) is 4.99 Å². The Morgan fingerprint density at radius 1 is 1.67 bits per heavy atom. The molecular weight excluding hydrogens is 134 g/mol. The van der Waals surface area contributed by atoms with E-state index < -0.39 is 0 Å². The number of halogens is 1. The molecule has 0 aromatic heterocycles. The van der Waals surface area contributed by atoms with Gasteiger partial charge in [-0.25, -0.2) is 0 Å². The quantitative estimate of drug-likeness (QED) is 0.430. The van der Waals surface area contributed by atoms with Crippen molar-refractivity contribution in [3.63, 3.8) is 0 Å². The smallest absolute Gasteiger partial charge is 0.0685 e. The van der Waals surface area contributed by atoms with Gasteiger partial charge >= 0.3 is 0 Å². The van der Waals surface area contributed by atoms with Crippen LogP contribution >= 0.6 is 11.6 Å². The zero-order valence-electron chi connectivity index (χ0n) is 6.32. The van der Waals surface area contributed by atoms with Crippen molar-refractivity contribution in [2.24, 2.45) is 4.99 Å². The van der Waals surface area contributed by atoms with Crippen LogP contribution in [0.4, 0.5) is 0 Å². The van der Waals surface area contributed by atoms with Crippen molar-refractivity contribution in [2.75, 3.05) is 7.05 Å². The van der Waals surface area contributed by atoms with Gasteiger partial charge in [0.05, 0.1) is 5.38 Å². The predicted molar refractivity (Wildman–Crippen MR) is 43.6 cm³/mol. The summed E-state index contributed by atoms with van der Waals surface area (Å²) in [4.78, 5) is 4.06. The fourth-order valence-corrected chi connectivity index (χ4v) is 0.951. The molecule has 0 rings (SSSR count). The van der Waals surface area contributed by atoms with Gasteiger partial charge in [0.25, 0.3) is 0 Å². The van der Waals surface area contributed by atoms with Crippen LogP contribution in [0.15, 0.2) is 4.99 Å². The number of rotatable bonds is 3. The van der Waals surface area contributed by atoms with E-state index >= 15 is 0 Å². The minimum atomic E-state index is 0.106. The highest BCUT2D eigenvalue weighted by molar-refractivity contribution is 6.31. The second kappa shape index (κ2) is 4.80. The molecule has 0 aliphatic heterocycles. The molecule has 0 aliphatic rings. The van der Waals surface area contributed by atoms with Gasteiger partial charge in [-0.05, 0) is 13.3 Å². The van der Waals surface area contributed by atoms with Crippen molar-refractivity contribution in [1.82, 2.24) is 0 Å². The van der Waals surface area contributed by atoms with E-state index in [9.17, 15) is 0 Å². The third-order valence-corrected chi connectivity index (χ3v) is 1.50. The second-order valence-corrected chi connectivity index (χ2v) is 2.74. The number of aliphatic imine (C=N–C) groups is 1. The molecule has 0 saturated heterocycles. The Morgan fingerprint density at radius 3 is 2.33 bits per heavy atom. The number of hydrogen-bond acceptors (Lipinski definition) is 1. The van der Waals surface area contributed by atoms with Crippen molar-refractivity contribution in [3.8, 4) is 0 Å². The van der Waals surface area contributed by atoms with Crippen LogP contribution in [0.2, 0.25) is 0 Å². The van der Waals surface area contributed by atoms with Crippen LogP contribution in [0.1, 0.15) is 26.7 Å². The summed E-state index contributed by atoms with van der Waals surface area (Å²) >= 11 is 5.79. The van der Waals surface area contributed by atoms with Gasteiger partial charge in [0.15, 0.2) is 0 Å². The molecule has 1 nitrogen and oxygen atoms in total. The molecule has 2 heteroatoms. The standard InChI is InChI=1S/C7H14ClN/c1-4-5-7(9-3)6(2)8/h6H,4-5H2,1-3H3. The third kappa shape index (κ3) is 3.52. The van der Waals surface area contributed by atoms with Crippen LogP contribution in [0.25, 0.3) is 0 Å². The van der Waals surface area contributed by atoms with E-state index in [4.69, 9.17) is 11.6 Å². The molecule has 0 N–H and O–H groups in total. The van der Waals surface area contributed by atoms with E-state index in [0.717, 1.165) is 18.6 Å². The van der Waals surface area contributed by atoms with E-state index in [2.05, 4.69) is 11.9 Å². The van der Waals surface area contributed by atoms with Gasteiger partial charge in [-0.2, -0.15) is 0 Å². The van der Waals surface area contributed by atoms with E-state index in [0.29, 0.717) is 0 Å². The fourth-order valence-electron chi connectivity index (χ4n) is 0.745. The summed E-state index contributed by atoms with van der Waals surface area (Å²) in [6.07, 6.45) is 2.16. The van der Waals surface area contributed by atoms with E-state index in [1.165, 1.54) is 0 Å². The molecule has 0 radical (unpaired) electrons. The Hall–Kier alpha value is -0.0400. The predicted octanol–water partition coefficient (Wildman–Crippen LogP) is 2.48. The first-order chi connectivity index (χ1) is 4.22. The number of nitrogens with zero attached hydrogens (tertiary/aromatic N) is 1. The maximum absolute atomic E-state index is 5.79. The van der Waals surface area contributed by atoms with Crippen LogP contribution in [0, 0.1) is 0 Å². The Balaban J connectivity index is 3.70. The molecule has 0 aromatic carbocycles. The van der Waals surface area contributed by atoms with Crippen LogP contribution in [0.3, 0.4) is 0 Å². The first-order valence-corrected chi connectivity index (χ1v) is 3.75. The monoisotopic (exact) mass is 147 g/mol. The van der Waals surface area contributed by atoms with Gasteiger partial charge < -0.3 is 0 Å². The summed E-state index contributed by atoms with van der Waals surface area (Å²) in [5, 5.41) is 0.106. The summed E-state index contributed by atoms with van der Waals surface area (Å²) in [6.45, 7) is 4.09. The molecule has 0 heterocycles. The minimum Gasteiger partial charge on any atom is -0.296 e. The number of alkyl halides is 1. The molecule has 0 aromatic rings. The molecular formula is C7H14ClN. The van der Waals surface area contributed by atoms with Crippen molar-refractivity contribution in [3.05, 3.63) is 0 Å². The first-order valence-electron chi connectivity index (χ1n) is 3.32. The van der Waals surface area contributed by atoms with Crippen LogP contribution in [-0.4, -0.2) is 18.1 Å². The lowest BCUT2D eigenvalue weighted by molar-refractivity contribution is 0.964. The third-order valence-electron chi connectivity index (χ3n) is 1.25. The summed E-state index contributed by atoms with van der Waals surface area (Å²) in [7, 11) is 1.80. The molecule has 54 valence electrons. The fraction of sp³-hybridized carbons (Fsp3) is 0.857. The molecule has 1 atom stereocenters. The lowest BCUT2D eigenvalue weighted by atomic mass is 10.2. The van der Waals surface area contributed by atoms with E-state index in [-0.39, 0.29) is 5.38 Å². The van der Waals surface area contributed by atoms with Gasteiger partial charge in [-0.1, -0.05) is 13.3 Å². The summed E-state index contributed by atoms with van der Waals surface area (Å²) < 4.78 is 0. The Kier molecular flexibility index (Phi) is 4.78. The van der Waals surface area contributed by atoms with Crippen molar-refractivity contribution in [1.29, 1.82) is 0 Å². The highest BCUT2D eigenvalue weighted by Gasteiger charge is 2.02. The Bertz CT molecular complexity index is 97.1. The van der Waals surface area contributed by atoms with E-state index in [1.807, 2.05) is 6.92 Å². The lowest BCUT2D eigenvalue weighted by Gasteiger charge is -2.03. The molecule has 0 amide bonds. The molecule has 9 heavy (non-hydrogen) atoms. The average molecular weight is 148 g/mol. The molecule has 0 spiro atoms. The van der Waals surface area contributed by atoms with Crippen molar-refractivity contribution >= 4 is 17.3 Å². The normalized spacial score (nSPS) is 15.8. The summed E-state index contributed by atoms with van der Waals surface area (Å²) in [5.41, 5.74) is 1.11. The van der Waals surface area contributed by atoms with Crippen LogP contribution < -0.4 is 0 Å². The first kappa shape index (κ1) is 8.96. The minimum absolute atomic E-state index is 0.106. The van der Waals surface area contributed by atoms with Gasteiger partial charge in [0.2, 0.25) is 0 Å². The van der Waals surface area contributed by atoms with Crippen molar-refractivity contribution in [2.45, 2.75) is 32.1 Å². The molecule has 1 unspecified atom stereocenters. The molecule has 0 saturated carbocycles. The molecule has 0 bridgehead atoms. The zero-order chi connectivity index (χ0) is 7.28. The van der Waals surface area contributed by atoms with Crippen molar-refractivity contribution < 1.29 is 0 Å². The van der Waals surface area contributed by atoms with Gasteiger partial charge in [-0.15, -0.1) is 11.6 Å². The molecule has 0 fully saturated rings. The van der Waals surface area contributed by atoms with Gasteiger partial charge in [0.1, 0.15) is 0 Å². The topological polar surface area (TPSA) is 12.4 Å². The van der Waals surface area contributed by atoms with E-state index in [1.54, 1.807) is 7.05 Å². The highest BCUT2D eigenvalue weighted by atomic mass is 35.5. The average Bonchev–Trinajstić information content (AvgIpc) is 1.82. The Morgan fingerprint density at radius 2 is 2.22 bits per heavy atom. The highest BCUT2D eigenvalue weighted by Crippen LogP contribution is 2.03. The summed E-state index contributed by atoms with van der Waals surface area (Å²) in [5.74, 6) is 0. The summed E-state index contributed by atoms with van der Waals surface area (Å²) in [6, 6.07) is 0. The second-order valence-electron chi connectivity index (χ2n) is 2.08. The Labute approximate surface area is 62.1 Å². The zero-order valence-corrected chi connectivity index (χ0v) is 7.07. The number of hydrogen-bond donors (Lipinski definition) is 0. The SMILES string of the molecule is CCCC(=NC)C(C)Cl. The lowest BCUT2D eigenvalue weighted by Crippen LogP contribution is -2.09. The van der Waals surface area contributed by atoms with Gasteiger partial charge in [0, 0.05) is 12.8 Å². The largest absolute Gasteiger partial charge is 0.296 e. The van der Waals surface area contributed by atoms with Crippen LogP contribution in [-0.2, 0) is 0 Å². The maximum atomic E-state index is 5.79. The van der Waals surface area contributed by atoms with Crippen LogP contribution in [0.5, 0.6) is 0 Å². The molecule has 0 aliphatic carbocycles. The maximum Gasteiger partial charge on any atom is 0.0685 e.